The van der Waals surface area contributed by atoms with Crippen LogP contribution in [0.3, 0.4) is 0 Å². The third-order valence-electron chi connectivity index (χ3n) is 2.99. The number of hydrogen-bond acceptors (Lipinski definition) is 6. The summed E-state index contributed by atoms with van der Waals surface area (Å²) < 4.78 is 36.5. The van der Waals surface area contributed by atoms with E-state index < -0.39 is 41.5 Å². The molecule has 0 bridgehead atoms. The second-order valence-electron chi connectivity index (χ2n) is 6.51. The Kier molecular flexibility index (Phi) is 11.8. The highest BCUT2D eigenvalue weighted by Gasteiger charge is 2.38. The summed E-state index contributed by atoms with van der Waals surface area (Å²) in [5, 5.41) is 12.2. The Morgan fingerprint density at radius 1 is 1.18 bits per heavy atom. The maximum absolute atomic E-state index is 12.0. The van der Waals surface area contributed by atoms with Crippen molar-refractivity contribution < 1.29 is 42.2 Å². The fraction of sp³-hybridized carbons (Fsp3) is 0.625. The Bertz CT molecular complexity index is 573. The van der Waals surface area contributed by atoms with E-state index >= 15 is 0 Å². The molecule has 0 aliphatic rings. The third kappa shape index (κ3) is 11.9. The van der Waals surface area contributed by atoms with Gasteiger partial charge in [0.2, 0.25) is 11.8 Å². The second-order valence-corrected chi connectivity index (χ2v) is 6.51. The quantitative estimate of drug-likeness (QED) is 0.347. The summed E-state index contributed by atoms with van der Waals surface area (Å²) in [7, 11) is 1.49. The lowest BCUT2D eigenvalue weighted by molar-refractivity contribution is -0.192. The van der Waals surface area contributed by atoms with E-state index in [-0.39, 0.29) is 18.9 Å². The molecule has 0 radical (unpaired) electrons. The van der Waals surface area contributed by atoms with Gasteiger partial charge in [-0.15, -0.1) is 0 Å². The number of carbonyl (C=O) groups is 4. The lowest BCUT2D eigenvalue weighted by Gasteiger charge is -2.30. The van der Waals surface area contributed by atoms with Crippen LogP contribution < -0.4 is 16.4 Å². The summed E-state index contributed by atoms with van der Waals surface area (Å²) in [4.78, 5) is 44.1. The van der Waals surface area contributed by atoms with Gasteiger partial charge in [-0.1, -0.05) is 33.4 Å². The van der Waals surface area contributed by atoms with Crippen LogP contribution in [-0.4, -0.2) is 60.8 Å². The Hall–Kier alpha value is -2.63. The number of halogens is 3. The molecule has 12 heteroatoms. The number of rotatable bonds is 7. The molecule has 0 aliphatic heterocycles. The van der Waals surface area contributed by atoms with Crippen molar-refractivity contribution in [3.05, 3.63) is 12.7 Å². The van der Waals surface area contributed by atoms with Gasteiger partial charge in [0, 0.05) is 7.05 Å². The average molecular weight is 413 g/mol. The average Bonchev–Trinajstić information content (AvgIpc) is 2.55. The van der Waals surface area contributed by atoms with Gasteiger partial charge in [0.15, 0.2) is 0 Å². The molecule has 0 rings (SSSR count). The van der Waals surface area contributed by atoms with Crippen LogP contribution in [0.15, 0.2) is 12.7 Å². The lowest BCUT2D eigenvalue weighted by atomic mass is 9.86. The molecule has 0 heterocycles. The second kappa shape index (κ2) is 12.0. The maximum atomic E-state index is 12.0. The summed E-state index contributed by atoms with van der Waals surface area (Å²) in [6.45, 7) is 8.92. The minimum absolute atomic E-state index is 0.0655. The Balaban J connectivity index is 0. The van der Waals surface area contributed by atoms with E-state index in [2.05, 4.69) is 17.2 Å². The number of hydrogen-bond donors (Lipinski definition) is 4. The van der Waals surface area contributed by atoms with Gasteiger partial charge >= 0.3 is 18.1 Å². The van der Waals surface area contributed by atoms with Gasteiger partial charge in [-0.2, -0.15) is 13.2 Å². The first-order valence-corrected chi connectivity index (χ1v) is 7.92. The molecule has 2 amide bonds. The zero-order valence-corrected chi connectivity index (χ0v) is 16.1. The molecule has 0 aromatic rings. The highest BCUT2D eigenvalue weighted by Crippen LogP contribution is 2.19. The Morgan fingerprint density at radius 2 is 1.64 bits per heavy atom. The van der Waals surface area contributed by atoms with Crippen molar-refractivity contribution in [1.29, 1.82) is 0 Å². The minimum Gasteiger partial charge on any atom is -0.475 e. The van der Waals surface area contributed by atoms with Crippen LogP contribution in [0.4, 0.5) is 13.2 Å². The molecule has 0 spiro atoms. The minimum atomic E-state index is -5.08. The number of ether oxygens (including phenoxy) is 1. The Morgan fingerprint density at radius 3 is 1.96 bits per heavy atom. The van der Waals surface area contributed by atoms with Crippen LogP contribution in [0, 0.1) is 5.41 Å². The van der Waals surface area contributed by atoms with Gasteiger partial charge in [0.1, 0.15) is 12.6 Å². The van der Waals surface area contributed by atoms with Crippen molar-refractivity contribution in [2.45, 2.75) is 45.5 Å². The first-order chi connectivity index (χ1) is 12.6. The lowest BCUT2D eigenvalue weighted by Crippen LogP contribution is -2.56. The van der Waals surface area contributed by atoms with Gasteiger partial charge in [-0.3, -0.25) is 14.4 Å². The summed E-state index contributed by atoms with van der Waals surface area (Å²) in [5.41, 5.74) is 5.17. The van der Waals surface area contributed by atoms with E-state index in [0.29, 0.717) is 0 Å². The molecule has 28 heavy (non-hydrogen) atoms. The van der Waals surface area contributed by atoms with E-state index in [1.54, 1.807) is 0 Å². The van der Waals surface area contributed by atoms with Crippen molar-refractivity contribution in [3.63, 3.8) is 0 Å². The summed E-state index contributed by atoms with van der Waals surface area (Å²) >= 11 is 0. The molecule has 5 N–H and O–H groups in total. The molecule has 0 saturated carbocycles. The zero-order valence-electron chi connectivity index (χ0n) is 16.1. The molecular formula is C16H26F3N3O6. The smallest absolute Gasteiger partial charge is 0.475 e. The Labute approximate surface area is 160 Å². The summed E-state index contributed by atoms with van der Waals surface area (Å²) in [5.74, 6) is -4.25. The standard InChI is InChI=1S/C14H25N3O4.C2HF3O2/c1-6-7-21-10(18)8-9(15)12(19)17-11(13(20)16-5)14(2,3)4;3-2(4,5)1(6)7/h6,9,11H,1,7-8,15H2,2-5H3,(H,16,20)(H,17,19);(H,6,7). The number of alkyl halides is 3. The highest BCUT2D eigenvalue weighted by atomic mass is 19.4. The van der Waals surface area contributed by atoms with Crippen LogP contribution in [0.5, 0.6) is 0 Å². The first-order valence-electron chi connectivity index (χ1n) is 7.92. The van der Waals surface area contributed by atoms with Crippen molar-refractivity contribution >= 4 is 23.8 Å². The SMILES string of the molecule is C=CCOC(=O)CC(N)C(=O)NC(C(=O)NC)C(C)(C)C.O=C(O)C(F)(F)F. The summed E-state index contributed by atoms with van der Waals surface area (Å²) in [6, 6.07) is -1.82. The maximum Gasteiger partial charge on any atom is 0.490 e. The number of aliphatic carboxylic acids is 1. The topological polar surface area (TPSA) is 148 Å². The number of carboxylic acid groups (broad SMARTS) is 1. The van der Waals surface area contributed by atoms with Gasteiger partial charge in [0.05, 0.1) is 12.5 Å². The number of carboxylic acids is 1. The number of esters is 1. The molecule has 2 atom stereocenters. The number of amides is 2. The van der Waals surface area contributed by atoms with Crippen LogP contribution in [0.1, 0.15) is 27.2 Å². The van der Waals surface area contributed by atoms with Gasteiger partial charge in [0.25, 0.3) is 0 Å². The largest absolute Gasteiger partial charge is 0.490 e. The van der Waals surface area contributed by atoms with Gasteiger partial charge in [-0.25, -0.2) is 4.79 Å². The van der Waals surface area contributed by atoms with Crippen LogP contribution >= 0.6 is 0 Å². The van der Waals surface area contributed by atoms with Crippen LogP contribution in [0.25, 0.3) is 0 Å². The normalized spacial score (nSPS) is 13.1. The van der Waals surface area contributed by atoms with E-state index in [1.165, 1.54) is 13.1 Å². The molecule has 162 valence electrons. The number of carbonyl (C=O) groups excluding carboxylic acids is 3. The molecular weight excluding hydrogens is 387 g/mol. The fourth-order valence-electron chi connectivity index (χ4n) is 1.55. The molecule has 0 fully saturated rings. The fourth-order valence-corrected chi connectivity index (χ4v) is 1.55. The molecule has 9 nitrogen and oxygen atoms in total. The van der Waals surface area contributed by atoms with Crippen molar-refractivity contribution in [2.24, 2.45) is 11.1 Å². The third-order valence-corrected chi connectivity index (χ3v) is 2.99. The van der Waals surface area contributed by atoms with Gasteiger partial charge < -0.3 is 26.2 Å². The van der Waals surface area contributed by atoms with Crippen molar-refractivity contribution in [3.8, 4) is 0 Å². The van der Waals surface area contributed by atoms with Crippen molar-refractivity contribution in [1.82, 2.24) is 10.6 Å². The van der Waals surface area contributed by atoms with E-state index in [1.807, 2.05) is 20.8 Å². The first kappa shape index (κ1) is 27.6. The summed E-state index contributed by atoms with van der Waals surface area (Å²) in [6.07, 6.45) is -3.92. The molecule has 0 aromatic carbocycles. The predicted octanol–water partition coefficient (Wildman–Crippen LogP) is 0.343. The molecule has 2 unspecified atom stereocenters. The van der Waals surface area contributed by atoms with E-state index in [9.17, 15) is 27.6 Å². The number of likely N-dealkylation sites (N-methyl/N-ethyl adjacent to an activating group) is 1. The number of nitrogens with two attached hydrogens (primary N) is 1. The van der Waals surface area contributed by atoms with Crippen LogP contribution in [0.2, 0.25) is 0 Å². The van der Waals surface area contributed by atoms with Crippen LogP contribution in [-0.2, 0) is 23.9 Å². The highest BCUT2D eigenvalue weighted by molar-refractivity contribution is 5.91. The number of nitrogens with one attached hydrogen (secondary N) is 2. The monoisotopic (exact) mass is 413 g/mol. The molecule has 0 aliphatic carbocycles. The molecule has 0 saturated heterocycles. The van der Waals surface area contributed by atoms with E-state index in [4.69, 9.17) is 20.4 Å². The zero-order chi connectivity index (χ0) is 22.7. The molecule has 0 aromatic heterocycles. The van der Waals surface area contributed by atoms with Crippen molar-refractivity contribution in [2.75, 3.05) is 13.7 Å². The predicted molar refractivity (Wildman–Crippen MR) is 92.9 cm³/mol. The van der Waals surface area contributed by atoms with E-state index in [0.717, 1.165) is 0 Å². The van der Waals surface area contributed by atoms with Gasteiger partial charge in [-0.05, 0) is 5.41 Å².